The second-order valence-electron chi connectivity index (χ2n) is 5.12. The van der Waals surface area contributed by atoms with Crippen LogP contribution in [0.15, 0.2) is 53.6 Å². The topological polar surface area (TPSA) is 50.7 Å². The van der Waals surface area contributed by atoms with Crippen LogP contribution in [-0.2, 0) is 11.2 Å². The summed E-state index contributed by atoms with van der Waals surface area (Å²) in [6, 6.07) is 15.4. The van der Waals surface area contributed by atoms with Gasteiger partial charge in [-0.05, 0) is 37.1 Å². The zero-order valence-electron chi connectivity index (χ0n) is 13.1. The largest absolute Gasteiger partial charge is 0.497 e. The maximum atomic E-state index is 11.9. The van der Waals surface area contributed by atoms with Crippen LogP contribution in [0.3, 0.4) is 0 Å². The van der Waals surface area contributed by atoms with Crippen LogP contribution in [0.1, 0.15) is 23.6 Å². The van der Waals surface area contributed by atoms with E-state index >= 15 is 0 Å². The molecule has 2 aromatic carbocycles. The molecule has 114 valence electrons. The number of carbonyl (C=O) groups excluding carboxylic acids is 1. The Balaban J connectivity index is 1.93. The number of amides is 1. The molecule has 0 aromatic heterocycles. The van der Waals surface area contributed by atoms with Gasteiger partial charge < -0.3 is 4.74 Å². The molecule has 0 atom stereocenters. The fourth-order valence-corrected chi connectivity index (χ4v) is 1.97. The summed E-state index contributed by atoms with van der Waals surface area (Å²) in [4.78, 5) is 11.9. The summed E-state index contributed by atoms with van der Waals surface area (Å²) in [6.45, 7) is 3.91. The van der Waals surface area contributed by atoms with Crippen LogP contribution in [0, 0.1) is 6.92 Å². The number of hydrazone groups is 1. The number of carbonyl (C=O) groups is 1. The van der Waals surface area contributed by atoms with Gasteiger partial charge in [-0.25, -0.2) is 5.43 Å². The lowest BCUT2D eigenvalue weighted by molar-refractivity contribution is -0.120. The second-order valence-corrected chi connectivity index (χ2v) is 5.12. The van der Waals surface area contributed by atoms with Gasteiger partial charge in [-0.2, -0.15) is 5.10 Å². The number of aryl methyl sites for hydroxylation is 1. The van der Waals surface area contributed by atoms with Gasteiger partial charge in [0.1, 0.15) is 5.75 Å². The maximum absolute atomic E-state index is 11.9. The van der Waals surface area contributed by atoms with Crippen LogP contribution >= 0.6 is 0 Å². The Bertz CT molecular complexity index is 658. The number of nitrogens with zero attached hydrogens (tertiary/aromatic N) is 1. The van der Waals surface area contributed by atoms with Crippen molar-refractivity contribution in [1.29, 1.82) is 0 Å². The third kappa shape index (κ3) is 4.45. The van der Waals surface area contributed by atoms with Gasteiger partial charge in [0, 0.05) is 0 Å². The summed E-state index contributed by atoms with van der Waals surface area (Å²) < 4.78 is 5.09. The summed E-state index contributed by atoms with van der Waals surface area (Å²) in [6.07, 6.45) is 0.286. The highest BCUT2D eigenvalue weighted by atomic mass is 16.5. The Hall–Kier alpha value is -2.62. The third-order valence-corrected chi connectivity index (χ3v) is 3.34. The maximum Gasteiger partial charge on any atom is 0.244 e. The molecule has 2 rings (SSSR count). The Kier molecular flexibility index (Phi) is 5.31. The highest BCUT2D eigenvalue weighted by Gasteiger charge is 2.03. The number of benzene rings is 2. The van der Waals surface area contributed by atoms with Crippen LogP contribution in [0.2, 0.25) is 0 Å². The lowest BCUT2D eigenvalue weighted by Crippen LogP contribution is -2.21. The lowest BCUT2D eigenvalue weighted by Gasteiger charge is -2.05. The second kappa shape index (κ2) is 7.41. The molecule has 2 aromatic rings. The standard InChI is InChI=1S/C18H20N2O2/c1-13-4-8-16(9-5-13)14(2)19-20-18(21)12-15-6-10-17(22-3)11-7-15/h4-11H,12H2,1-3H3,(H,20,21)/b19-14+. The Morgan fingerprint density at radius 3 is 2.32 bits per heavy atom. The molecule has 1 amide bonds. The number of hydrogen-bond donors (Lipinski definition) is 1. The zero-order valence-corrected chi connectivity index (χ0v) is 13.1. The molecule has 0 spiro atoms. The normalized spacial score (nSPS) is 11.1. The minimum atomic E-state index is -0.142. The molecule has 0 aliphatic carbocycles. The van der Waals surface area contributed by atoms with E-state index in [0.29, 0.717) is 0 Å². The first kappa shape index (κ1) is 15.8. The summed E-state index contributed by atoms with van der Waals surface area (Å²) in [5, 5.41) is 4.15. The molecule has 22 heavy (non-hydrogen) atoms. The molecule has 4 heteroatoms. The van der Waals surface area contributed by atoms with Crippen molar-refractivity contribution in [2.75, 3.05) is 7.11 Å². The van der Waals surface area contributed by atoms with Crippen LogP contribution in [0.5, 0.6) is 5.75 Å². The summed E-state index contributed by atoms with van der Waals surface area (Å²) in [7, 11) is 1.62. The fourth-order valence-electron chi connectivity index (χ4n) is 1.97. The van der Waals surface area contributed by atoms with E-state index in [1.165, 1.54) is 5.56 Å². The van der Waals surface area contributed by atoms with Crippen molar-refractivity contribution in [2.24, 2.45) is 5.10 Å². The molecule has 0 fully saturated rings. The van der Waals surface area contributed by atoms with E-state index < -0.39 is 0 Å². The summed E-state index contributed by atoms with van der Waals surface area (Å²) in [5.74, 6) is 0.633. The van der Waals surface area contributed by atoms with Crippen molar-refractivity contribution >= 4 is 11.6 Å². The molecule has 0 aliphatic rings. The number of rotatable bonds is 5. The molecular weight excluding hydrogens is 276 g/mol. The molecule has 0 saturated heterocycles. The van der Waals surface area contributed by atoms with Crippen LogP contribution in [0.25, 0.3) is 0 Å². The predicted octanol–water partition coefficient (Wildman–Crippen LogP) is 3.09. The fraction of sp³-hybridized carbons (Fsp3) is 0.222. The van der Waals surface area contributed by atoms with Crippen molar-refractivity contribution in [1.82, 2.24) is 5.43 Å². The molecule has 0 aliphatic heterocycles. The van der Waals surface area contributed by atoms with Gasteiger partial charge in [0.25, 0.3) is 0 Å². The molecule has 0 radical (unpaired) electrons. The van der Waals surface area contributed by atoms with Crippen LogP contribution < -0.4 is 10.2 Å². The van der Waals surface area contributed by atoms with E-state index in [0.717, 1.165) is 22.6 Å². The average Bonchev–Trinajstić information content (AvgIpc) is 2.54. The Labute approximate surface area is 130 Å². The Morgan fingerprint density at radius 2 is 1.73 bits per heavy atom. The minimum absolute atomic E-state index is 0.142. The van der Waals surface area contributed by atoms with Crippen molar-refractivity contribution in [2.45, 2.75) is 20.3 Å². The van der Waals surface area contributed by atoms with Gasteiger partial charge in [-0.1, -0.05) is 42.0 Å². The van der Waals surface area contributed by atoms with Crippen LogP contribution in [-0.4, -0.2) is 18.7 Å². The van der Waals surface area contributed by atoms with E-state index in [9.17, 15) is 4.79 Å². The zero-order chi connectivity index (χ0) is 15.9. The minimum Gasteiger partial charge on any atom is -0.497 e. The van der Waals surface area contributed by atoms with Gasteiger partial charge in [0.2, 0.25) is 5.91 Å². The van der Waals surface area contributed by atoms with E-state index in [2.05, 4.69) is 10.5 Å². The van der Waals surface area contributed by atoms with Crippen molar-refractivity contribution in [3.05, 3.63) is 65.2 Å². The molecule has 0 unspecified atom stereocenters. The predicted molar refractivity (Wildman–Crippen MR) is 88.2 cm³/mol. The first-order chi connectivity index (χ1) is 10.6. The van der Waals surface area contributed by atoms with Crippen molar-refractivity contribution in [3.63, 3.8) is 0 Å². The SMILES string of the molecule is COc1ccc(CC(=O)N/N=C(\C)c2ccc(C)cc2)cc1. The van der Waals surface area contributed by atoms with E-state index in [1.54, 1.807) is 7.11 Å². The highest BCUT2D eigenvalue weighted by Crippen LogP contribution is 2.11. The first-order valence-electron chi connectivity index (χ1n) is 7.11. The smallest absolute Gasteiger partial charge is 0.244 e. The molecule has 0 saturated carbocycles. The van der Waals surface area contributed by atoms with Crippen LogP contribution in [0.4, 0.5) is 0 Å². The number of ether oxygens (including phenoxy) is 1. The van der Waals surface area contributed by atoms with Crippen molar-refractivity contribution < 1.29 is 9.53 Å². The van der Waals surface area contributed by atoms with E-state index in [-0.39, 0.29) is 12.3 Å². The molecule has 0 heterocycles. The summed E-state index contributed by atoms with van der Waals surface area (Å²) >= 11 is 0. The lowest BCUT2D eigenvalue weighted by atomic mass is 10.1. The van der Waals surface area contributed by atoms with Gasteiger partial charge >= 0.3 is 0 Å². The first-order valence-corrected chi connectivity index (χ1v) is 7.11. The quantitative estimate of drug-likeness (QED) is 0.681. The molecule has 4 nitrogen and oxygen atoms in total. The summed E-state index contributed by atoms with van der Waals surface area (Å²) in [5.41, 5.74) is 6.48. The number of hydrogen-bond acceptors (Lipinski definition) is 3. The number of methoxy groups -OCH3 is 1. The highest BCUT2D eigenvalue weighted by molar-refractivity contribution is 5.99. The van der Waals surface area contributed by atoms with Gasteiger partial charge in [0.05, 0.1) is 19.2 Å². The third-order valence-electron chi connectivity index (χ3n) is 3.34. The molecule has 0 bridgehead atoms. The van der Waals surface area contributed by atoms with Gasteiger partial charge in [-0.3, -0.25) is 4.79 Å². The molecule has 1 N–H and O–H groups in total. The molecular formula is C18H20N2O2. The van der Waals surface area contributed by atoms with Gasteiger partial charge in [-0.15, -0.1) is 0 Å². The van der Waals surface area contributed by atoms with Crippen molar-refractivity contribution in [3.8, 4) is 5.75 Å². The van der Waals surface area contributed by atoms with E-state index in [4.69, 9.17) is 4.74 Å². The average molecular weight is 296 g/mol. The van der Waals surface area contributed by atoms with E-state index in [1.807, 2.05) is 62.4 Å². The Morgan fingerprint density at radius 1 is 1.09 bits per heavy atom. The number of nitrogens with one attached hydrogen (secondary N) is 1. The van der Waals surface area contributed by atoms with Gasteiger partial charge in [0.15, 0.2) is 0 Å². The monoisotopic (exact) mass is 296 g/mol.